The molecule has 152 valence electrons. The maximum Gasteiger partial charge on any atom is 0.253 e. The van der Waals surface area contributed by atoms with Crippen LogP contribution in [0, 0.1) is 13.8 Å². The minimum atomic E-state index is -0.197. The number of aryl methyl sites for hydroxylation is 2. The summed E-state index contributed by atoms with van der Waals surface area (Å²) in [4.78, 5) is 17.5. The number of carbonyl (C=O) groups excluding carboxylic acids is 1. The Bertz CT molecular complexity index is 1040. The Hall–Kier alpha value is -3.08. The van der Waals surface area contributed by atoms with Gasteiger partial charge in [-0.05, 0) is 70.5 Å². The number of hydrogen-bond acceptors (Lipinski definition) is 4. The highest BCUT2D eigenvalue weighted by molar-refractivity contribution is 5.98. The summed E-state index contributed by atoms with van der Waals surface area (Å²) in [5.74, 6) is 1.19. The lowest BCUT2D eigenvalue weighted by Crippen LogP contribution is -2.27. The number of amides is 1. The second-order valence-electron chi connectivity index (χ2n) is 7.59. The van der Waals surface area contributed by atoms with Gasteiger partial charge in [0, 0.05) is 5.39 Å². The van der Waals surface area contributed by atoms with Crippen LogP contribution in [0.2, 0.25) is 0 Å². The molecule has 29 heavy (non-hydrogen) atoms. The van der Waals surface area contributed by atoms with Crippen LogP contribution < -0.4 is 14.8 Å². The van der Waals surface area contributed by atoms with Crippen molar-refractivity contribution in [3.8, 4) is 11.5 Å². The molecule has 1 aromatic heterocycles. The Morgan fingerprint density at radius 2 is 1.76 bits per heavy atom. The molecule has 0 bridgehead atoms. The van der Waals surface area contributed by atoms with Crippen LogP contribution in [0.25, 0.3) is 10.9 Å². The number of fused-ring (bicyclic) bond motifs is 1. The lowest BCUT2D eigenvalue weighted by molar-refractivity contribution is 0.0939. The standard InChI is InChI=1S/C24H28N2O3/c1-14(2)29-22-10-8-18(13-23(22)28-6)16(4)26-24(27)20-12-19-11-15(3)7-9-21(19)25-17(20)5/h7-14,16H,1-6H3,(H,26,27). The minimum absolute atomic E-state index is 0.0545. The number of nitrogens with one attached hydrogen (secondary N) is 1. The summed E-state index contributed by atoms with van der Waals surface area (Å²) in [6.45, 7) is 9.78. The predicted molar refractivity (Wildman–Crippen MR) is 116 cm³/mol. The molecule has 5 heteroatoms. The summed E-state index contributed by atoms with van der Waals surface area (Å²) < 4.78 is 11.2. The molecule has 0 aliphatic heterocycles. The fraction of sp³-hybridized carbons (Fsp3) is 0.333. The number of nitrogens with zero attached hydrogens (tertiary/aromatic N) is 1. The molecule has 1 heterocycles. The van der Waals surface area contributed by atoms with Crippen molar-refractivity contribution in [2.75, 3.05) is 7.11 Å². The van der Waals surface area contributed by atoms with Crippen LogP contribution in [0.5, 0.6) is 11.5 Å². The molecule has 0 aliphatic carbocycles. The molecule has 1 atom stereocenters. The van der Waals surface area contributed by atoms with E-state index in [0.29, 0.717) is 22.8 Å². The Morgan fingerprint density at radius 3 is 2.45 bits per heavy atom. The summed E-state index contributed by atoms with van der Waals surface area (Å²) in [6.07, 6.45) is 0.0545. The number of benzene rings is 2. The van der Waals surface area contributed by atoms with Crippen molar-refractivity contribution in [1.29, 1.82) is 0 Å². The lowest BCUT2D eigenvalue weighted by atomic mass is 10.0. The van der Waals surface area contributed by atoms with Crippen LogP contribution in [0.4, 0.5) is 0 Å². The molecule has 0 radical (unpaired) electrons. The molecule has 3 rings (SSSR count). The van der Waals surface area contributed by atoms with Crippen molar-refractivity contribution in [2.24, 2.45) is 0 Å². The molecule has 5 nitrogen and oxygen atoms in total. The molecule has 1 N–H and O–H groups in total. The highest BCUT2D eigenvalue weighted by Crippen LogP contribution is 2.31. The van der Waals surface area contributed by atoms with Gasteiger partial charge in [0.25, 0.3) is 5.91 Å². The largest absolute Gasteiger partial charge is 0.493 e. The van der Waals surface area contributed by atoms with Gasteiger partial charge in [-0.2, -0.15) is 0 Å². The van der Waals surface area contributed by atoms with Crippen LogP contribution >= 0.6 is 0 Å². The lowest BCUT2D eigenvalue weighted by Gasteiger charge is -2.19. The topological polar surface area (TPSA) is 60.5 Å². The second-order valence-corrected chi connectivity index (χ2v) is 7.59. The zero-order chi connectivity index (χ0) is 21.1. The van der Waals surface area contributed by atoms with E-state index in [9.17, 15) is 4.79 Å². The quantitative estimate of drug-likeness (QED) is 0.631. The monoisotopic (exact) mass is 392 g/mol. The Morgan fingerprint density at radius 1 is 1.00 bits per heavy atom. The van der Waals surface area contributed by atoms with Crippen molar-refractivity contribution in [1.82, 2.24) is 10.3 Å². The number of hydrogen-bond donors (Lipinski definition) is 1. The molecule has 0 saturated carbocycles. The van der Waals surface area contributed by atoms with Crippen molar-refractivity contribution in [2.45, 2.75) is 46.8 Å². The average molecular weight is 392 g/mol. The number of carbonyl (C=O) groups is 1. The van der Waals surface area contributed by atoms with E-state index in [4.69, 9.17) is 9.47 Å². The van der Waals surface area contributed by atoms with Gasteiger partial charge < -0.3 is 14.8 Å². The highest BCUT2D eigenvalue weighted by Gasteiger charge is 2.17. The van der Waals surface area contributed by atoms with E-state index in [1.807, 2.05) is 77.1 Å². The first kappa shape index (κ1) is 20.6. The highest BCUT2D eigenvalue weighted by atomic mass is 16.5. The van der Waals surface area contributed by atoms with Gasteiger partial charge in [-0.25, -0.2) is 0 Å². The normalized spacial score (nSPS) is 12.1. The smallest absolute Gasteiger partial charge is 0.253 e. The van der Waals surface area contributed by atoms with E-state index < -0.39 is 0 Å². The van der Waals surface area contributed by atoms with E-state index >= 15 is 0 Å². The maximum atomic E-state index is 12.9. The van der Waals surface area contributed by atoms with Crippen LogP contribution in [0.1, 0.15) is 54.0 Å². The third-order valence-corrected chi connectivity index (χ3v) is 4.80. The zero-order valence-electron chi connectivity index (χ0n) is 17.9. The summed E-state index contributed by atoms with van der Waals surface area (Å²) in [6, 6.07) is 13.5. The van der Waals surface area contributed by atoms with Crippen molar-refractivity contribution in [3.05, 3.63) is 64.8 Å². The molecule has 0 saturated heterocycles. The van der Waals surface area contributed by atoms with E-state index in [2.05, 4.69) is 10.3 Å². The third-order valence-electron chi connectivity index (χ3n) is 4.80. The van der Waals surface area contributed by atoms with Gasteiger partial charge >= 0.3 is 0 Å². The number of pyridine rings is 1. The second kappa shape index (κ2) is 8.52. The van der Waals surface area contributed by atoms with Gasteiger partial charge in [0.2, 0.25) is 0 Å². The molecular weight excluding hydrogens is 364 g/mol. The van der Waals surface area contributed by atoms with E-state index in [-0.39, 0.29) is 18.1 Å². The van der Waals surface area contributed by atoms with Gasteiger partial charge in [-0.1, -0.05) is 17.7 Å². The number of methoxy groups -OCH3 is 1. The van der Waals surface area contributed by atoms with Gasteiger partial charge in [0.1, 0.15) is 0 Å². The summed E-state index contributed by atoms with van der Waals surface area (Å²) in [5.41, 5.74) is 4.27. The molecule has 1 unspecified atom stereocenters. The Labute approximate surface area is 172 Å². The van der Waals surface area contributed by atoms with Crippen molar-refractivity contribution < 1.29 is 14.3 Å². The Kier molecular flexibility index (Phi) is 6.06. The molecular formula is C24H28N2O3. The maximum absolute atomic E-state index is 12.9. The molecule has 0 spiro atoms. The van der Waals surface area contributed by atoms with Gasteiger partial charge in [-0.15, -0.1) is 0 Å². The summed E-state index contributed by atoms with van der Waals surface area (Å²) in [5, 5.41) is 4.03. The van der Waals surface area contributed by atoms with Crippen molar-refractivity contribution in [3.63, 3.8) is 0 Å². The van der Waals surface area contributed by atoms with Gasteiger partial charge in [0.15, 0.2) is 11.5 Å². The van der Waals surface area contributed by atoms with Gasteiger partial charge in [0.05, 0.1) is 36.0 Å². The van der Waals surface area contributed by atoms with Gasteiger partial charge in [-0.3, -0.25) is 9.78 Å². The van der Waals surface area contributed by atoms with E-state index in [1.54, 1.807) is 7.11 Å². The molecule has 0 fully saturated rings. The van der Waals surface area contributed by atoms with Crippen LogP contribution in [0.15, 0.2) is 42.5 Å². The first-order valence-electron chi connectivity index (χ1n) is 9.82. The molecule has 2 aromatic carbocycles. The number of aromatic nitrogens is 1. The number of ether oxygens (including phenoxy) is 2. The van der Waals surface area contributed by atoms with Crippen LogP contribution in [0.3, 0.4) is 0 Å². The SMILES string of the molecule is COc1cc(C(C)NC(=O)c2cc3cc(C)ccc3nc2C)ccc1OC(C)C. The van der Waals surface area contributed by atoms with Crippen LogP contribution in [-0.2, 0) is 0 Å². The predicted octanol–water partition coefficient (Wildman–Crippen LogP) is 5.14. The number of rotatable bonds is 6. The zero-order valence-corrected chi connectivity index (χ0v) is 17.9. The van der Waals surface area contributed by atoms with E-state index in [0.717, 1.165) is 22.0 Å². The fourth-order valence-electron chi connectivity index (χ4n) is 3.28. The summed E-state index contributed by atoms with van der Waals surface area (Å²) in [7, 11) is 1.61. The third kappa shape index (κ3) is 4.67. The summed E-state index contributed by atoms with van der Waals surface area (Å²) >= 11 is 0. The van der Waals surface area contributed by atoms with Crippen LogP contribution in [-0.4, -0.2) is 24.1 Å². The van der Waals surface area contributed by atoms with Crippen molar-refractivity contribution >= 4 is 16.8 Å². The average Bonchev–Trinajstić information content (AvgIpc) is 2.67. The fourth-order valence-corrected chi connectivity index (χ4v) is 3.28. The van der Waals surface area contributed by atoms with E-state index in [1.165, 1.54) is 0 Å². The molecule has 3 aromatic rings. The first-order valence-corrected chi connectivity index (χ1v) is 9.82. The minimum Gasteiger partial charge on any atom is -0.493 e. The Balaban J connectivity index is 1.83. The molecule has 1 amide bonds. The first-order chi connectivity index (χ1) is 13.8. The molecule has 0 aliphatic rings.